The molecule has 1 saturated heterocycles. The second kappa shape index (κ2) is 9.86. The molecule has 0 radical (unpaired) electrons. The maximum atomic E-state index is 11.9. The summed E-state index contributed by atoms with van der Waals surface area (Å²) in [4.78, 5) is 36.6. The monoisotopic (exact) mass is 379 g/mol. The molecule has 26 heavy (non-hydrogen) atoms. The van der Waals surface area contributed by atoms with Crippen LogP contribution in [-0.2, 0) is 23.9 Å². The number of benzene rings is 1. The lowest BCUT2D eigenvalue weighted by atomic mass is 10.2. The molecule has 0 aromatic heterocycles. The molecule has 140 valence electrons. The van der Waals surface area contributed by atoms with Gasteiger partial charge in [-0.2, -0.15) is 0 Å². The molecular weight excluding hydrogens is 358 g/mol. The number of nitrogens with zero attached hydrogens (tertiary/aromatic N) is 1. The zero-order valence-corrected chi connectivity index (χ0v) is 15.5. The Labute approximate surface area is 156 Å². The molecule has 1 aliphatic heterocycles. The molecule has 1 heterocycles. The predicted molar refractivity (Wildman–Crippen MR) is 96.5 cm³/mol. The van der Waals surface area contributed by atoms with Crippen LogP contribution in [0.3, 0.4) is 0 Å². The van der Waals surface area contributed by atoms with Gasteiger partial charge in [-0.1, -0.05) is 30.0 Å². The number of ether oxygens (including phenoxy) is 3. The predicted octanol–water partition coefficient (Wildman–Crippen LogP) is 1.90. The van der Waals surface area contributed by atoms with Crippen molar-refractivity contribution in [3.63, 3.8) is 0 Å². The molecule has 1 fully saturated rings. The number of para-hydroxylation sites is 1. The van der Waals surface area contributed by atoms with Gasteiger partial charge in [0.15, 0.2) is 6.61 Å². The molecule has 1 aromatic carbocycles. The van der Waals surface area contributed by atoms with E-state index in [4.69, 9.17) is 14.2 Å². The third kappa shape index (κ3) is 5.80. The van der Waals surface area contributed by atoms with Gasteiger partial charge in [0.2, 0.25) is 5.91 Å². The number of hydrogen-bond donors (Lipinski definition) is 0. The molecule has 0 N–H and O–H groups in total. The minimum atomic E-state index is -0.525. The lowest BCUT2D eigenvalue weighted by molar-refractivity contribution is -0.147. The summed E-state index contributed by atoms with van der Waals surface area (Å²) in [5.41, 5.74) is 0.925. The maximum Gasteiger partial charge on any atom is 0.344 e. The van der Waals surface area contributed by atoms with E-state index in [9.17, 15) is 14.4 Å². The van der Waals surface area contributed by atoms with Crippen LogP contribution in [-0.4, -0.2) is 54.9 Å². The number of rotatable bonds is 8. The van der Waals surface area contributed by atoms with E-state index in [0.29, 0.717) is 10.8 Å². The molecule has 7 nitrogen and oxygen atoms in total. The Balaban J connectivity index is 1.78. The van der Waals surface area contributed by atoms with Gasteiger partial charge < -0.3 is 19.1 Å². The first kappa shape index (κ1) is 19.8. The van der Waals surface area contributed by atoms with Crippen molar-refractivity contribution in [1.82, 2.24) is 4.90 Å². The first-order chi connectivity index (χ1) is 12.5. The minimum absolute atomic E-state index is 0.0163. The van der Waals surface area contributed by atoms with Gasteiger partial charge in [0.25, 0.3) is 0 Å². The van der Waals surface area contributed by atoms with Crippen molar-refractivity contribution in [2.75, 3.05) is 32.1 Å². The Morgan fingerprint density at radius 2 is 2.04 bits per heavy atom. The van der Waals surface area contributed by atoms with Gasteiger partial charge in [-0.15, -0.1) is 0 Å². The molecule has 1 aromatic rings. The largest absolute Gasteiger partial charge is 0.482 e. The fourth-order valence-corrected chi connectivity index (χ4v) is 3.16. The number of carbonyl (C=O) groups is 3. The van der Waals surface area contributed by atoms with Crippen molar-refractivity contribution >= 4 is 29.6 Å². The van der Waals surface area contributed by atoms with Crippen molar-refractivity contribution < 1.29 is 28.6 Å². The summed E-state index contributed by atoms with van der Waals surface area (Å²) in [5, 5.41) is 0.501. The topological polar surface area (TPSA) is 82.1 Å². The number of carbonyl (C=O) groups excluding carboxylic acids is 3. The van der Waals surface area contributed by atoms with Gasteiger partial charge in [0, 0.05) is 0 Å². The molecule has 0 saturated carbocycles. The van der Waals surface area contributed by atoms with Gasteiger partial charge in [0.05, 0.1) is 30.0 Å². The van der Waals surface area contributed by atoms with Crippen LogP contribution in [0.5, 0.6) is 5.75 Å². The van der Waals surface area contributed by atoms with Crippen LogP contribution in [0.25, 0.3) is 0 Å². The quantitative estimate of drug-likeness (QED) is 0.504. The second-order valence-corrected chi connectivity index (χ2v) is 6.34. The molecule has 0 aliphatic carbocycles. The van der Waals surface area contributed by atoms with Gasteiger partial charge in [-0.3, -0.25) is 4.79 Å². The van der Waals surface area contributed by atoms with Crippen LogP contribution < -0.4 is 4.74 Å². The van der Waals surface area contributed by atoms with Crippen molar-refractivity contribution in [3.8, 4) is 5.75 Å². The van der Waals surface area contributed by atoms with Crippen molar-refractivity contribution in [2.45, 2.75) is 13.8 Å². The summed E-state index contributed by atoms with van der Waals surface area (Å²) in [5.74, 6) is -0.301. The molecule has 1 aliphatic rings. The molecule has 0 bridgehead atoms. The van der Waals surface area contributed by atoms with E-state index in [-0.39, 0.29) is 38.0 Å². The van der Waals surface area contributed by atoms with Crippen LogP contribution in [0.15, 0.2) is 35.4 Å². The molecule has 0 unspecified atom stereocenters. The Hall–Kier alpha value is -2.48. The van der Waals surface area contributed by atoms with Gasteiger partial charge in [0.1, 0.15) is 12.4 Å². The lowest BCUT2D eigenvalue weighted by Crippen LogP contribution is -2.30. The van der Waals surface area contributed by atoms with Crippen molar-refractivity contribution in [3.05, 3.63) is 40.9 Å². The van der Waals surface area contributed by atoms with Gasteiger partial charge in [-0.25, -0.2) is 9.59 Å². The molecule has 2 rings (SSSR count). The SMILES string of the molecule is CCOC(=O)/C=C1\SCC(=O)N1CCOC(=O)COc1ccccc1C. The van der Waals surface area contributed by atoms with E-state index in [0.717, 1.165) is 5.56 Å². The second-order valence-electron chi connectivity index (χ2n) is 5.34. The Morgan fingerprint density at radius 1 is 1.27 bits per heavy atom. The number of thioether (sulfide) groups is 1. The van der Waals surface area contributed by atoms with Crippen LogP contribution in [0, 0.1) is 6.92 Å². The zero-order valence-electron chi connectivity index (χ0n) is 14.7. The minimum Gasteiger partial charge on any atom is -0.482 e. The van der Waals surface area contributed by atoms with Crippen LogP contribution in [0.1, 0.15) is 12.5 Å². The van der Waals surface area contributed by atoms with E-state index in [1.54, 1.807) is 13.0 Å². The van der Waals surface area contributed by atoms with Crippen LogP contribution >= 0.6 is 11.8 Å². The van der Waals surface area contributed by atoms with E-state index in [1.807, 2.05) is 25.1 Å². The molecule has 0 spiro atoms. The fraction of sp³-hybridized carbons (Fsp3) is 0.389. The molecule has 0 atom stereocenters. The first-order valence-electron chi connectivity index (χ1n) is 8.17. The highest BCUT2D eigenvalue weighted by Gasteiger charge is 2.27. The summed E-state index contributed by atoms with van der Waals surface area (Å²) >= 11 is 1.25. The summed E-state index contributed by atoms with van der Waals surface area (Å²) in [6.07, 6.45) is 1.28. The lowest BCUT2D eigenvalue weighted by Gasteiger charge is -2.17. The highest BCUT2D eigenvalue weighted by atomic mass is 32.2. The zero-order chi connectivity index (χ0) is 18.9. The third-order valence-corrected chi connectivity index (χ3v) is 4.48. The van der Waals surface area contributed by atoms with E-state index in [1.165, 1.54) is 22.7 Å². The Kier molecular flexibility index (Phi) is 7.53. The van der Waals surface area contributed by atoms with Gasteiger partial charge in [-0.05, 0) is 25.5 Å². The average molecular weight is 379 g/mol. The molecule has 1 amide bonds. The summed E-state index contributed by atoms with van der Waals surface area (Å²) in [6.45, 7) is 3.84. The molecular formula is C18H21NO6S. The number of esters is 2. The standard InChI is InChI=1S/C18H21NO6S/c1-3-23-17(21)10-16-19(15(20)12-26-16)8-9-24-18(22)11-25-14-7-5-4-6-13(14)2/h4-7,10H,3,8-9,11-12H2,1-2H3/b16-10-. The number of amides is 1. The normalized spacial score (nSPS) is 15.2. The highest BCUT2D eigenvalue weighted by molar-refractivity contribution is 8.04. The van der Waals surface area contributed by atoms with Crippen molar-refractivity contribution in [2.24, 2.45) is 0 Å². The average Bonchev–Trinajstić information content (AvgIpc) is 2.94. The van der Waals surface area contributed by atoms with Crippen LogP contribution in [0.2, 0.25) is 0 Å². The first-order valence-corrected chi connectivity index (χ1v) is 9.15. The Bertz CT molecular complexity index is 703. The number of aryl methyl sites for hydroxylation is 1. The Morgan fingerprint density at radius 3 is 2.77 bits per heavy atom. The van der Waals surface area contributed by atoms with Crippen LogP contribution in [0.4, 0.5) is 0 Å². The fourth-order valence-electron chi connectivity index (χ4n) is 2.20. The smallest absolute Gasteiger partial charge is 0.344 e. The van der Waals surface area contributed by atoms with E-state index < -0.39 is 11.9 Å². The summed E-state index contributed by atoms with van der Waals surface area (Å²) in [7, 11) is 0. The third-order valence-electron chi connectivity index (χ3n) is 3.46. The summed E-state index contributed by atoms with van der Waals surface area (Å²) in [6, 6.07) is 7.36. The highest BCUT2D eigenvalue weighted by Crippen LogP contribution is 2.28. The van der Waals surface area contributed by atoms with Gasteiger partial charge >= 0.3 is 11.9 Å². The van der Waals surface area contributed by atoms with Crippen molar-refractivity contribution in [1.29, 1.82) is 0 Å². The maximum absolute atomic E-state index is 11.9. The molecule has 8 heteroatoms. The number of hydrogen-bond acceptors (Lipinski definition) is 7. The summed E-state index contributed by atoms with van der Waals surface area (Å²) < 4.78 is 15.4. The van der Waals surface area contributed by atoms with E-state index in [2.05, 4.69) is 0 Å². The van der Waals surface area contributed by atoms with E-state index >= 15 is 0 Å².